The van der Waals surface area contributed by atoms with Crippen LogP contribution in [0.3, 0.4) is 0 Å². The monoisotopic (exact) mass is 242 g/mol. The first-order chi connectivity index (χ1) is 7.10. The fraction of sp³-hybridized carbons (Fsp3) is 0.769. The summed E-state index contributed by atoms with van der Waals surface area (Å²) in [6.07, 6.45) is 2.86. The van der Waals surface area contributed by atoms with E-state index >= 15 is 0 Å². The van der Waals surface area contributed by atoms with E-state index in [2.05, 4.69) is 40.8 Å². The van der Waals surface area contributed by atoms with Crippen molar-refractivity contribution in [1.29, 1.82) is 0 Å². The molecule has 0 radical (unpaired) electrons. The first kappa shape index (κ1) is 15.6. The highest BCUT2D eigenvalue weighted by atomic mass is 28.4. The van der Waals surface area contributed by atoms with Crippen molar-refractivity contribution >= 4 is 14.6 Å². The van der Waals surface area contributed by atoms with Crippen molar-refractivity contribution in [3.63, 3.8) is 0 Å². The van der Waals surface area contributed by atoms with E-state index in [9.17, 15) is 4.79 Å². The first-order valence-electron chi connectivity index (χ1n) is 5.87. The topological polar surface area (TPSA) is 26.3 Å². The van der Waals surface area contributed by atoms with E-state index < -0.39 is 8.32 Å². The van der Waals surface area contributed by atoms with Gasteiger partial charge in [-0.3, -0.25) is 4.79 Å². The Morgan fingerprint density at radius 1 is 1.38 bits per heavy atom. The Hall–Kier alpha value is -0.413. The number of hydrogen-bond donors (Lipinski definition) is 0. The zero-order valence-corrected chi connectivity index (χ0v) is 12.8. The van der Waals surface area contributed by atoms with Gasteiger partial charge in [0.15, 0.2) is 8.32 Å². The molecule has 94 valence electrons. The first-order valence-corrected chi connectivity index (χ1v) is 8.78. The van der Waals surface area contributed by atoms with Crippen LogP contribution in [0.15, 0.2) is 11.6 Å². The molecule has 1 atom stereocenters. The highest BCUT2D eigenvalue weighted by Crippen LogP contribution is 2.36. The summed E-state index contributed by atoms with van der Waals surface area (Å²) >= 11 is 0. The van der Waals surface area contributed by atoms with Crippen molar-refractivity contribution in [3.05, 3.63) is 11.6 Å². The van der Waals surface area contributed by atoms with Crippen molar-refractivity contribution in [1.82, 2.24) is 0 Å². The Bertz CT molecular complexity index is 262. The number of rotatable bonds is 5. The fourth-order valence-corrected chi connectivity index (χ4v) is 2.21. The lowest BCUT2D eigenvalue weighted by Crippen LogP contribution is -2.41. The van der Waals surface area contributed by atoms with Gasteiger partial charge in [-0.2, -0.15) is 0 Å². The molecule has 0 fully saturated rings. The van der Waals surface area contributed by atoms with Crippen LogP contribution in [-0.4, -0.2) is 21.2 Å². The quantitative estimate of drug-likeness (QED) is 0.416. The van der Waals surface area contributed by atoms with Crippen LogP contribution in [0.4, 0.5) is 0 Å². The Balaban J connectivity index is 4.31. The molecule has 0 aromatic rings. The highest BCUT2D eigenvalue weighted by Gasteiger charge is 2.37. The molecule has 16 heavy (non-hydrogen) atoms. The normalized spacial score (nSPS) is 16.1. The van der Waals surface area contributed by atoms with Crippen LogP contribution in [0.1, 0.15) is 34.6 Å². The molecule has 0 spiro atoms. The summed E-state index contributed by atoms with van der Waals surface area (Å²) in [4.78, 5) is 10.5. The summed E-state index contributed by atoms with van der Waals surface area (Å²) in [5.74, 6) is 0.305. The third kappa shape index (κ3) is 5.08. The molecule has 0 aliphatic heterocycles. The number of carbonyl (C=O) groups excluding carboxylic acids is 1. The Labute approximate surface area is 101 Å². The van der Waals surface area contributed by atoms with Gasteiger partial charge in [-0.1, -0.05) is 33.8 Å². The summed E-state index contributed by atoms with van der Waals surface area (Å²) in [7, 11) is -1.65. The molecule has 0 rings (SSSR count). The van der Waals surface area contributed by atoms with Gasteiger partial charge in [0.25, 0.3) is 0 Å². The molecule has 3 heteroatoms. The average Bonchev–Trinajstić information content (AvgIpc) is 2.13. The third-order valence-corrected chi connectivity index (χ3v) is 7.75. The molecule has 0 aromatic carbocycles. The lowest BCUT2D eigenvalue weighted by molar-refractivity contribution is -0.104. The van der Waals surface area contributed by atoms with Crippen LogP contribution in [0.2, 0.25) is 18.1 Å². The van der Waals surface area contributed by atoms with Crippen LogP contribution in [0, 0.1) is 5.92 Å². The maximum absolute atomic E-state index is 10.5. The smallest absolute Gasteiger partial charge is 0.192 e. The van der Waals surface area contributed by atoms with Crippen LogP contribution in [-0.2, 0) is 9.22 Å². The van der Waals surface area contributed by atoms with Gasteiger partial charge in [0, 0.05) is 6.61 Å². The maximum atomic E-state index is 10.5. The Morgan fingerprint density at radius 2 is 1.88 bits per heavy atom. The standard InChI is InChI=1S/C13H26O2Si/c1-11(9-14)8-12(2)10-15-16(6,7)13(3,4)5/h8-9,12H,10H2,1-7H3/b11-8+/t12-/m0/s1. The van der Waals surface area contributed by atoms with E-state index in [0.717, 1.165) is 11.9 Å². The second-order valence-corrected chi connectivity index (χ2v) is 10.9. The molecule has 2 nitrogen and oxygen atoms in total. The lowest BCUT2D eigenvalue weighted by atomic mass is 10.1. The van der Waals surface area contributed by atoms with Crippen molar-refractivity contribution in [2.45, 2.75) is 52.8 Å². The van der Waals surface area contributed by atoms with Crippen molar-refractivity contribution < 1.29 is 9.22 Å². The van der Waals surface area contributed by atoms with Crippen LogP contribution >= 0.6 is 0 Å². The van der Waals surface area contributed by atoms with Gasteiger partial charge < -0.3 is 4.43 Å². The van der Waals surface area contributed by atoms with Gasteiger partial charge >= 0.3 is 0 Å². The van der Waals surface area contributed by atoms with Crippen molar-refractivity contribution in [3.8, 4) is 0 Å². The summed E-state index contributed by atoms with van der Waals surface area (Å²) < 4.78 is 6.08. The SMILES string of the molecule is C/C(C=O)=C\[C@H](C)CO[Si](C)(C)C(C)(C)C. The molecule has 0 aliphatic carbocycles. The molecule has 0 saturated heterocycles. The van der Waals surface area contributed by atoms with Gasteiger partial charge in [0.1, 0.15) is 6.29 Å². The summed E-state index contributed by atoms with van der Waals surface area (Å²) in [5, 5.41) is 0.246. The molecular formula is C13H26O2Si. The van der Waals surface area contributed by atoms with E-state index in [0.29, 0.717) is 12.5 Å². The van der Waals surface area contributed by atoms with Gasteiger partial charge in [-0.05, 0) is 36.5 Å². The zero-order valence-electron chi connectivity index (χ0n) is 11.8. The van der Waals surface area contributed by atoms with Gasteiger partial charge in [-0.15, -0.1) is 0 Å². The van der Waals surface area contributed by atoms with Crippen LogP contribution in [0.5, 0.6) is 0 Å². The van der Waals surface area contributed by atoms with E-state index in [1.165, 1.54) is 0 Å². The second-order valence-electron chi connectivity index (χ2n) is 6.08. The number of allylic oxidation sites excluding steroid dienone is 1. The minimum Gasteiger partial charge on any atom is -0.416 e. The Morgan fingerprint density at radius 3 is 2.25 bits per heavy atom. The molecule has 0 N–H and O–H groups in total. The lowest BCUT2D eigenvalue weighted by Gasteiger charge is -2.36. The summed E-state index contributed by atoms with van der Waals surface area (Å²) in [6, 6.07) is 0. The molecule has 0 heterocycles. The van der Waals surface area contributed by atoms with Gasteiger partial charge in [0.2, 0.25) is 0 Å². The number of aldehydes is 1. The molecule has 0 aromatic heterocycles. The van der Waals surface area contributed by atoms with E-state index in [1.54, 1.807) is 0 Å². The summed E-state index contributed by atoms with van der Waals surface area (Å²) in [5.41, 5.74) is 0.784. The number of hydrogen-bond acceptors (Lipinski definition) is 2. The molecule has 0 saturated carbocycles. The van der Waals surface area contributed by atoms with Crippen LogP contribution < -0.4 is 0 Å². The largest absolute Gasteiger partial charge is 0.416 e. The third-order valence-electron chi connectivity index (χ3n) is 3.25. The van der Waals surface area contributed by atoms with E-state index in [-0.39, 0.29) is 5.04 Å². The fourth-order valence-electron chi connectivity index (χ4n) is 1.09. The Kier molecular flexibility index (Phi) is 5.63. The van der Waals surface area contributed by atoms with Gasteiger partial charge in [0.05, 0.1) is 0 Å². The zero-order chi connectivity index (χ0) is 13.0. The second kappa shape index (κ2) is 5.78. The highest BCUT2D eigenvalue weighted by molar-refractivity contribution is 6.74. The molecule has 0 bridgehead atoms. The van der Waals surface area contributed by atoms with E-state index in [1.807, 2.05) is 13.0 Å². The number of carbonyl (C=O) groups is 1. The maximum Gasteiger partial charge on any atom is 0.192 e. The average molecular weight is 242 g/mol. The molecular weight excluding hydrogens is 216 g/mol. The van der Waals surface area contributed by atoms with E-state index in [4.69, 9.17) is 4.43 Å². The molecule has 0 unspecified atom stereocenters. The minimum absolute atomic E-state index is 0.246. The van der Waals surface area contributed by atoms with Crippen molar-refractivity contribution in [2.75, 3.05) is 6.61 Å². The van der Waals surface area contributed by atoms with Gasteiger partial charge in [-0.25, -0.2) is 0 Å². The molecule has 0 amide bonds. The predicted octanol–water partition coefficient (Wildman–Crippen LogP) is 3.79. The predicted molar refractivity (Wildman–Crippen MR) is 72.1 cm³/mol. The minimum atomic E-state index is -1.65. The summed E-state index contributed by atoms with van der Waals surface area (Å²) in [6.45, 7) is 15.8. The van der Waals surface area contributed by atoms with Crippen molar-refractivity contribution in [2.24, 2.45) is 5.92 Å². The molecule has 0 aliphatic rings. The van der Waals surface area contributed by atoms with Crippen LogP contribution in [0.25, 0.3) is 0 Å².